The summed E-state index contributed by atoms with van der Waals surface area (Å²) < 4.78 is 0. The number of amides is 1. The fourth-order valence-electron chi connectivity index (χ4n) is 6.04. The van der Waals surface area contributed by atoms with Crippen molar-refractivity contribution in [1.82, 2.24) is 9.88 Å². The summed E-state index contributed by atoms with van der Waals surface area (Å²) in [5.41, 5.74) is 6.31. The van der Waals surface area contributed by atoms with Crippen molar-refractivity contribution in [3.05, 3.63) is 64.8 Å². The molecule has 0 bridgehead atoms. The Morgan fingerprint density at radius 3 is 2.65 bits per heavy atom. The van der Waals surface area contributed by atoms with Crippen LogP contribution in [0.5, 0.6) is 0 Å². The van der Waals surface area contributed by atoms with E-state index in [1.165, 1.54) is 29.4 Å². The Morgan fingerprint density at radius 2 is 1.82 bits per heavy atom. The van der Waals surface area contributed by atoms with Crippen LogP contribution in [0.4, 0.5) is 5.69 Å². The maximum atomic E-state index is 13.0. The quantitative estimate of drug-likeness (QED) is 0.500. The molecule has 0 radical (unpaired) electrons. The van der Waals surface area contributed by atoms with Crippen LogP contribution in [0.2, 0.25) is 0 Å². The number of likely N-dealkylation sites (tertiary alicyclic amines) is 1. The van der Waals surface area contributed by atoms with Crippen molar-refractivity contribution < 1.29 is 9.59 Å². The van der Waals surface area contributed by atoms with Gasteiger partial charge >= 0.3 is 0 Å². The highest BCUT2D eigenvalue weighted by molar-refractivity contribution is 5.99. The lowest BCUT2D eigenvalue weighted by molar-refractivity contribution is -0.136. The Balaban J connectivity index is 1.16. The van der Waals surface area contributed by atoms with Crippen molar-refractivity contribution in [3.63, 3.8) is 0 Å². The first-order valence-electron chi connectivity index (χ1n) is 12.7. The minimum atomic E-state index is 0.125. The maximum Gasteiger partial charge on any atom is 0.225 e. The largest absolute Gasteiger partial charge is 0.361 e. The van der Waals surface area contributed by atoms with Gasteiger partial charge in [0.25, 0.3) is 0 Å². The van der Waals surface area contributed by atoms with Gasteiger partial charge in [0, 0.05) is 60.7 Å². The molecule has 0 atom stereocenters. The third kappa shape index (κ3) is 3.97. The molecule has 1 aromatic heterocycles. The summed E-state index contributed by atoms with van der Waals surface area (Å²) in [4.78, 5) is 35.7. The highest BCUT2D eigenvalue weighted by Gasteiger charge is 2.31. The fourth-order valence-corrected chi connectivity index (χ4v) is 6.04. The van der Waals surface area contributed by atoms with Crippen molar-refractivity contribution >= 4 is 34.5 Å². The third-order valence-corrected chi connectivity index (χ3v) is 8.04. The van der Waals surface area contributed by atoms with Gasteiger partial charge in [-0.1, -0.05) is 31.0 Å². The molecule has 1 aliphatic carbocycles. The number of carbonyl (C=O) groups excluding carboxylic acids is 2. The maximum absolute atomic E-state index is 13.0. The molecule has 174 valence electrons. The molecule has 0 unspecified atom stereocenters. The van der Waals surface area contributed by atoms with Gasteiger partial charge in [0.05, 0.1) is 5.69 Å². The number of benzene rings is 2. The van der Waals surface area contributed by atoms with E-state index in [1.807, 2.05) is 24.4 Å². The first-order chi connectivity index (χ1) is 16.7. The molecule has 6 rings (SSSR count). The van der Waals surface area contributed by atoms with Crippen molar-refractivity contribution in [1.29, 1.82) is 0 Å². The number of aliphatic imine (C=N–C) groups is 1. The van der Waals surface area contributed by atoms with E-state index in [1.54, 1.807) is 0 Å². The van der Waals surface area contributed by atoms with Gasteiger partial charge < -0.3 is 9.88 Å². The van der Waals surface area contributed by atoms with Gasteiger partial charge in [-0.25, -0.2) is 0 Å². The molecular formula is C29H31N3O2. The molecule has 1 saturated heterocycles. The number of fused-ring (bicyclic) bond motifs is 2. The Labute approximate surface area is 200 Å². The van der Waals surface area contributed by atoms with Crippen LogP contribution in [0.3, 0.4) is 0 Å². The number of nitrogens with one attached hydrogen (secondary N) is 1. The minimum Gasteiger partial charge on any atom is -0.361 e. The van der Waals surface area contributed by atoms with E-state index in [0.717, 1.165) is 67.5 Å². The van der Waals surface area contributed by atoms with E-state index in [2.05, 4.69) is 39.3 Å². The van der Waals surface area contributed by atoms with Gasteiger partial charge in [-0.05, 0) is 66.5 Å². The highest BCUT2D eigenvalue weighted by Crippen LogP contribution is 2.35. The molecule has 5 heteroatoms. The molecule has 2 fully saturated rings. The lowest BCUT2D eigenvalue weighted by atomic mass is 9.88. The third-order valence-electron chi connectivity index (χ3n) is 8.04. The molecule has 1 amide bonds. The number of hydrogen-bond donors (Lipinski definition) is 1. The van der Waals surface area contributed by atoms with E-state index in [4.69, 9.17) is 0 Å². The Morgan fingerprint density at radius 1 is 1.00 bits per heavy atom. The topological polar surface area (TPSA) is 65.5 Å². The molecule has 3 heterocycles. The van der Waals surface area contributed by atoms with Crippen molar-refractivity contribution in [2.24, 2.45) is 10.9 Å². The van der Waals surface area contributed by atoms with Crippen LogP contribution in [0.1, 0.15) is 71.5 Å². The van der Waals surface area contributed by atoms with Crippen LogP contribution in [-0.2, 0) is 17.6 Å². The number of carbonyl (C=O) groups is 2. The zero-order valence-electron chi connectivity index (χ0n) is 19.6. The molecule has 3 aromatic rings. The summed E-state index contributed by atoms with van der Waals surface area (Å²) in [6, 6.07) is 12.2. The number of rotatable bonds is 5. The predicted molar refractivity (Wildman–Crippen MR) is 135 cm³/mol. The summed E-state index contributed by atoms with van der Waals surface area (Å²) in [7, 11) is 0. The molecule has 2 aromatic carbocycles. The normalized spacial score (nSPS) is 18.6. The molecule has 1 saturated carbocycles. The van der Waals surface area contributed by atoms with Gasteiger partial charge in [-0.3, -0.25) is 14.6 Å². The van der Waals surface area contributed by atoms with E-state index in [9.17, 15) is 9.59 Å². The van der Waals surface area contributed by atoms with Gasteiger partial charge in [0.15, 0.2) is 5.78 Å². The van der Waals surface area contributed by atoms with E-state index in [-0.39, 0.29) is 11.7 Å². The average Bonchev–Trinajstić information content (AvgIpc) is 3.64. The predicted octanol–water partition coefficient (Wildman–Crippen LogP) is 5.75. The number of aromatic amines is 1. The highest BCUT2D eigenvalue weighted by atomic mass is 16.2. The molecule has 5 nitrogen and oxygen atoms in total. The molecular weight excluding hydrogens is 422 g/mol. The lowest BCUT2D eigenvalue weighted by Crippen LogP contribution is -2.40. The number of hydrogen-bond acceptors (Lipinski definition) is 3. The fraction of sp³-hybridized carbons (Fsp3) is 0.414. The van der Waals surface area contributed by atoms with Crippen LogP contribution in [0, 0.1) is 5.92 Å². The summed E-state index contributed by atoms with van der Waals surface area (Å²) in [6.45, 7) is 1.71. The van der Waals surface area contributed by atoms with Crippen LogP contribution < -0.4 is 0 Å². The van der Waals surface area contributed by atoms with Gasteiger partial charge in [-0.2, -0.15) is 0 Å². The zero-order valence-corrected chi connectivity index (χ0v) is 19.6. The lowest BCUT2D eigenvalue weighted by Gasteiger charge is -2.33. The van der Waals surface area contributed by atoms with E-state index < -0.39 is 0 Å². The second kappa shape index (κ2) is 8.86. The Bertz CT molecular complexity index is 1270. The van der Waals surface area contributed by atoms with Crippen LogP contribution in [0.15, 0.2) is 47.6 Å². The van der Waals surface area contributed by atoms with Crippen molar-refractivity contribution in [2.75, 3.05) is 13.1 Å². The van der Waals surface area contributed by atoms with Gasteiger partial charge in [0.1, 0.15) is 0 Å². The van der Waals surface area contributed by atoms with Crippen molar-refractivity contribution in [3.8, 4) is 0 Å². The Hall–Kier alpha value is -3.21. The summed E-state index contributed by atoms with van der Waals surface area (Å²) in [5, 5.41) is 1.21. The van der Waals surface area contributed by atoms with Crippen LogP contribution in [0.25, 0.3) is 10.9 Å². The van der Waals surface area contributed by atoms with Gasteiger partial charge in [-0.15, -0.1) is 0 Å². The summed E-state index contributed by atoms with van der Waals surface area (Å²) >= 11 is 0. The zero-order chi connectivity index (χ0) is 23.1. The number of H-pyrrole nitrogens is 1. The van der Waals surface area contributed by atoms with E-state index in [0.29, 0.717) is 18.2 Å². The molecule has 2 aliphatic heterocycles. The number of piperidine rings is 1. The van der Waals surface area contributed by atoms with Crippen LogP contribution >= 0.6 is 0 Å². The van der Waals surface area contributed by atoms with E-state index >= 15 is 0 Å². The van der Waals surface area contributed by atoms with Crippen LogP contribution in [-0.4, -0.2) is 40.9 Å². The molecule has 3 aliphatic rings. The standard InChI is InChI=1S/C29H31N3O2/c33-28(23-7-6-21-9-12-30-27(21)17-23)16-19-5-8-26-24(15-19)25(18-31-26)20-10-13-32(14-11-20)29(34)22-3-1-2-4-22/h5-8,12,15,17-18,20,22,31H,1-4,9-11,13-14,16H2. The molecule has 0 spiro atoms. The molecule has 1 N–H and O–H groups in total. The first kappa shape index (κ1) is 21.3. The second-order valence-corrected chi connectivity index (χ2v) is 10.2. The SMILES string of the molecule is O=C(Cc1ccc2[nH]cc(C3CCN(C(=O)C4CCCC4)CC3)c2c1)c1ccc2c(c1)N=CC2. The average molecular weight is 454 g/mol. The number of Topliss-reactive ketones (excluding diaryl/α,β-unsaturated/α-hetero) is 1. The summed E-state index contributed by atoms with van der Waals surface area (Å²) in [6.07, 6.45) is 11.8. The second-order valence-electron chi connectivity index (χ2n) is 10.2. The minimum absolute atomic E-state index is 0.125. The number of nitrogens with zero attached hydrogens (tertiary/aromatic N) is 2. The number of aromatic nitrogens is 1. The Kier molecular flexibility index (Phi) is 5.56. The monoisotopic (exact) mass is 453 g/mol. The summed E-state index contributed by atoms with van der Waals surface area (Å²) in [5.74, 6) is 1.22. The first-order valence-corrected chi connectivity index (χ1v) is 12.7. The van der Waals surface area contributed by atoms with Gasteiger partial charge in [0.2, 0.25) is 5.91 Å². The van der Waals surface area contributed by atoms with Crippen molar-refractivity contribution in [2.45, 2.75) is 57.3 Å². The molecule has 34 heavy (non-hydrogen) atoms. The number of ketones is 1. The smallest absolute Gasteiger partial charge is 0.225 e.